The van der Waals surface area contributed by atoms with E-state index >= 15 is 0 Å². The number of aliphatic hydroxyl groups is 1. The van der Waals surface area contributed by atoms with E-state index in [1.54, 1.807) is 6.20 Å². The minimum Gasteiger partial charge on any atom is -0.459 e. The molecule has 0 spiro atoms. The first kappa shape index (κ1) is 42.1. The summed E-state index contributed by atoms with van der Waals surface area (Å²) < 4.78 is 17.9. The summed E-state index contributed by atoms with van der Waals surface area (Å²) in [5, 5.41) is 32.0. The number of benzene rings is 2. The van der Waals surface area contributed by atoms with Crippen molar-refractivity contribution in [1.82, 2.24) is 15.0 Å². The standard InChI is InChI=1S/C48H61N3O9/c1-29-17-20-47(41(54)59-42(55)56)23-22-45(6)35(40(47)30(29)2)15-16-37-44(5)21-24-48(57,43(3,4)36(44)18-19-46(37,45)7)60-39(53)27-51-26-33(49-50-51)28-58-38(52)25-32-13-10-12-31-11-8-9-14-34(31)32/h8-15,26,29-30,36-37,40,57H,16-25,27-28H2,1-7H3,(H,55,56)/t29-,30+,36?,37-,40+,44+,45-,46-,47+,48-/m1/s1. The number of hydrogen-bond acceptors (Lipinski definition) is 10. The highest BCUT2D eigenvalue weighted by Gasteiger charge is 2.72. The van der Waals surface area contributed by atoms with Crippen LogP contribution in [0.5, 0.6) is 0 Å². The molecule has 1 heterocycles. The summed E-state index contributed by atoms with van der Waals surface area (Å²) in [6.07, 6.45) is 8.96. The fourth-order valence-corrected chi connectivity index (χ4v) is 13.8. The van der Waals surface area contributed by atoms with Crippen LogP contribution in [0.15, 0.2) is 60.3 Å². The molecule has 12 nitrogen and oxygen atoms in total. The Morgan fingerprint density at radius 1 is 0.867 bits per heavy atom. The maximum atomic E-state index is 13.7. The molecule has 0 radical (unpaired) electrons. The Hall–Kier alpha value is -4.58. The third-order valence-corrected chi connectivity index (χ3v) is 17.5. The summed E-state index contributed by atoms with van der Waals surface area (Å²) in [6.45, 7) is 15.4. The van der Waals surface area contributed by atoms with E-state index in [1.807, 2.05) is 56.3 Å². The fraction of sp³-hybridized carbons (Fsp3) is 0.625. The molecule has 10 atom stereocenters. The smallest absolute Gasteiger partial charge is 0.459 e. The van der Waals surface area contributed by atoms with E-state index in [0.717, 1.165) is 48.4 Å². The molecular weight excluding hydrogens is 763 g/mol. The van der Waals surface area contributed by atoms with Gasteiger partial charge in [-0.3, -0.25) is 9.59 Å². The van der Waals surface area contributed by atoms with Gasteiger partial charge < -0.3 is 24.4 Å². The van der Waals surface area contributed by atoms with E-state index in [-0.39, 0.29) is 65.9 Å². The number of carbonyl (C=O) groups excluding carboxylic acids is 3. The normalized spacial score (nSPS) is 36.7. The zero-order valence-electron chi connectivity index (χ0n) is 36.2. The number of esters is 3. The third kappa shape index (κ3) is 6.49. The highest BCUT2D eigenvalue weighted by Crippen LogP contribution is 2.76. The monoisotopic (exact) mass is 823 g/mol. The Labute approximate surface area is 352 Å². The number of carbonyl (C=O) groups is 4. The molecule has 5 aliphatic carbocycles. The molecule has 8 rings (SSSR count). The number of nitrogens with zero attached hydrogens (tertiary/aromatic N) is 3. The zero-order chi connectivity index (χ0) is 43.0. The molecule has 4 fully saturated rings. The number of allylic oxidation sites excluding steroid dienone is 2. The largest absolute Gasteiger partial charge is 0.513 e. The van der Waals surface area contributed by atoms with Crippen molar-refractivity contribution in [2.75, 3.05) is 0 Å². The number of ether oxygens (including phenoxy) is 3. The summed E-state index contributed by atoms with van der Waals surface area (Å²) in [6, 6.07) is 13.7. The molecule has 5 aliphatic rings. The van der Waals surface area contributed by atoms with Crippen LogP contribution in [0.2, 0.25) is 0 Å². The molecule has 3 aromatic rings. The number of rotatable bonds is 8. The Balaban J connectivity index is 0.945. The minimum atomic E-state index is -1.70. The molecule has 2 aromatic carbocycles. The number of aromatic nitrogens is 3. The molecule has 0 amide bonds. The van der Waals surface area contributed by atoms with Gasteiger partial charge in [-0.05, 0) is 114 Å². The van der Waals surface area contributed by atoms with Crippen LogP contribution in [-0.2, 0) is 48.2 Å². The highest BCUT2D eigenvalue weighted by atomic mass is 16.7. The zero-order valence-corrected chi connectivity index (χ0v) is 36.2. The van der Waals surface area contributed by atoms with Gasteiger partial charge in [-0.25, -0.2) is 14.3 Å². The van der Waals surface area contributed by atoms with Crippen LogP contribution in [0.1, 0.15) is 118 Å². The lowest BCUT2D eigenvalue weighted by Gasteiger charge is -2.72. The van der Waals surface area contributed by atoms with E-state index in [2.05, 4.69) is 51.0 Å². The number of fused-ring (bicyclic) bond motifs is 8. The average molecular weight is 824 g/mol. The fourth-order valence-electron chi connectivity index (χ4n) is 13.8. The van der Waals surface area contributed by atoms with Crippen molar-refractivity contribution < 1.29 is 43.6 Å². The average Bonchev–Trinajstić information content (AvgIpc) is 3.64. The Kier molecular flexibility index (Phi) is 10.4. The molecule has 12 heteroatoms. The molecule has 60 heavy (non-hydrogen) atoms. The molecule has 322 valence electrons. The van der Waals surface area contributed by atoms with Crippen molar-refractivity contribution in [3.63, 3.8) is 0 Å². The SMILES string of the molecule is C[C@H]1[C@H](C)CC[C@]2(C(=O)OC(=O)O)CC[C@]3(C)C(=CC[C@@H]4[C@@]5(C)CC[C@@](O)(OC(=O)Cn6cc(COC(=O)Cc7cccc8ccccc78)nn6)C(C)(C)C5CC[C@]43C)[C@H]12. The van der Waals surface area contributed by atoms with Crippen molar-refractivity contribution in [2.45, 2.75) is 132 Å². The quantitative estimate of drug-likeness (QED) is 0.0733. The predicted octanol–water partition coefficient (Wildman–Crippen LogP) is 8.83. The van der Waals surface area contributed by atoms with Crippen molar-refractivity contribution in [3.05, 3.63) is 71.6 Å². The van der Waals surface area contributed by atoms with Crippen LogP contribution in [0.4, 0.5) is 4.79 Å². The van der Waals surface area contributed by atoms with Crippen molar-refractivity contribution in [2.24, 2.45) is 56.7 Å². The van der Waals surface area contributed by atoms with Crippen LogP contribution in [0.3, 0.4) is 0 Å². The van der Waals surface area contributed by atoms with Crippen molar-refractivity contribution in [1.29, 1.82) is 0 Å². The van der Waals surface area contributed by atoms with Crippen molar-refractivity contribution in [3.8, 4) is 0 Å². The molecule has 0 aliphatic heterocycles. The molecule has 1 unspecified atom stereocenters. The van der Waals surface area contributed by atoms with Crippen LogP contribution in [0, 0.1) is 56.7 Å². The Morgan fingerprint density at radius 2 is 1.62 bits per heavy atom. The van der Waals surface area contributed by atoms with E-state index in [1.165, 1.54) is 10.3 Å². The van der Waals surface area contributed by atoms with Gasteiger partial charge in [-0.2, -0.15) is 0 Å². The van der Waals surface area contributed by atoms with Gasteiger partial charge in [0.15, 0.2) is 0 Å². The van der Waals surface area contributed by atoms with E-state index in [9.17, 15) is 29.4 Å². The van der Waals surface area contributed by atoms with Crippen LogP contribution in [0.25, 0.3) is 10.8 Å². The maximum Gasteiger partial charge on any atom is 0.513 e. The molecular formula is C48H61N3O9. The minimum absolute atomic E-state index is 0.0524. The summed E-state index contributed by atoms with van der Waals surface area (Å²) in [5.74, 6) is -2.48. The molecule has 0 bridgehead atoms. The lowest BCUT2D eigenvalue weighted by molar-refractivity contribution is -0.318. The second kappa shape index (κ2) is 14.8. The Morgan fingerprint density at radius 3 is 2.38 bits per heavy atom. The lowest BCUT2D eigenvalue weighted by Crippen LogP contribution is -2.68. The van der Waals surface area contributed by atoms with Crippen LogP contribution >= 0.6 is 0 Å². The van der Waals surface area contributed by atoms with Gasteiger partial charge in [0.25, 0.3) is 0 Å². The molecule has 1 aromatic heterocycles. The van der Waals surface area contributed by atoms with E-state index in [4.69, 9.17) is 14.2 Å². The second-order valence-electron chi connectivity index (χ2n) is 20.3. The predicted molar refractivity (Wildman–Crippen MR) is 222 cm³/mol. The van der Waals surface area contributed by atoms with Gasteiger partial charge >= 0.3 is 24.1 Å². The summed E-state index contributed by atoms with van der Waals surface area (Å²) in [4.78, 5) is 51.7. The molecule has 4 saturated carbocycles. The second-order valence-corrected chi connectivity index (χ2v) is 20.3. The first-order valence-corrected chi connectivity index (χ1v) is 21.9. The lowest BCUT2D eigenvalue weighted by atomic mass is 9.33. The molecule has 0 saturated heterocycles. The summed E-state index contributed by atoms with van der Waals surface area (Å²) in [7, 11) is 0. The highest BCUT2D eigenvalue weighted by molar-refractivity contribution is 5.89. The van der Waals surface area contributed by atoms with Gasteiger partial charge in [0.1, 0.15) is 18.8 Å². The van der Waals surface area contributed by atoms with Crippen LogP contribution < -0.4 is 0 Å². The van der Waals surface area contributed by atoms with E-state index in [0.29, 0.717) is 30.9 Å². The van der Waals surface area contributed by atoms with Crippen LogP contribution in [-0.4, -0.2) is 55.1 Å². The number of hydrogen-bond donors (Lipinski definition) is 2. The van der Waals surface area contributed by atoms with Gasteiger partial charge in [-0.1, -0.05) is 108 Å². The third-order valence-electron chi connectivity index (χ3n) is 17.5. The summed E-state index contributed by atoms with van der Waals surface area (Å²) >= 11 is 0. The van der Waals surface area contributed by atoms with Gasteiger partial charge in [-0.15, -0.1) is 5.10 Å². The van der Waals surface area contributed by atoms with Gasteiger partial charge in [0.2, 0.25) is 5.79 Å². The number of carboxylic acid groups (broad SMARTS) is 1. The maximum absolute atomic E-state index is 13.7. The van der Waals surface area contributed by atoms with Gasteiger partial charge in [0, 0.05) is 11.8 Å². The first-order chi connectivity index (χ1) is 28.3. The first-order valence-electron chi connectivity index (χ1n) is 21.9. The van der Waals surface area contributed by atoms with E-state index < -0.39 is 40.7 Å². The summed E-state index contributed by atoms with van der Waals surface area (Å²) in [5.41, 5.74) is 0.475. The topological polar surface area (TPSA) is 167 Å². The van der Waals surface area contributed by atoms with Gasteiger partial charge in [0.05, 0.1) is 18.0 Å². The van der Waals surface area contributed by atoms with Crippen molar-refractivity contribution >= 4 is 34.8 Å². The molecule has 2 N–H and O–H groups in total. The Bertz CT molecular complexity index is 2240.